The second-order valence-electron chi connectivity index (χ2n) is 10.6. The third-order valence-corrected chi connectivity index (χ3v) is 9.32. The van der Waals surface area contributed by atoms with Crippen molar-refractivity contribution in [2.24, 2.45) is 0 Å². The number of fused-ring (bicyclic) bond motifs is 3. The van der Waals surface area contributed by atoms with Gasteiger partial charge in [-0.25, -0.2) is 0 Å². The molecule has 0 fully saturated rings. The standard InChI is InChI=1S/C34H30ClN3O3S/c1-23-33-29-12-7-13-31(41-2)30(29)19-37(28-16-14-26(35)15-17-28)21-38(33,22-42-23)20-32(39)36-27-11-6-10-25(18-27)34(40)24-8-4-3-5-9-24/h3-18H,19-22H2,1-2H3/p+1/t38-/m0/s1. The van der Waals surface area contributed by atoms with Crippen LogP contribution in [0.2, 0.25) is 5.02 Å². The lowest BCUT2D eigenvalue weighted by atomic mass is 10.0. The number of hydrogen-bond acceptors (Lipinski definition) is 5. The SMILES string of the molecule is COc1cccc2c1CN(c1ccc(Cl)cc1)C[N@@+]1(CC(=O)Nc3cccc(C(=O)c4ccccc4)c3)CSC(C)=C21. The number of nitrogens with one attached hydrogen (secondary N) is 1. The van der Waals surface area contributed by atoms with Crippen molar-refractivity contribution in [3.63, 3.8) is 0 Å². The van der Waals surface area contributed by atoms with Crippen LogP contribution in [-0.4, -0.2) is 42.4 Å². The van der Waals surface area contributed by atoms with Gasteiger partial charge in [0.1, 0.15) is 11.6 Å². The maximum atomic E-state index is 13.8. The molecule has 4 aromatic rings. The number of nitrogens with zero attached hydrogens (tertiary/aromatic N) is 2. The zero-order valence-corrected chi connectivity index (χ0v) is 25.0. The summed E-state index contributed by atoms with van der Waals surface area (Å²) < 4.78 is 6.27. The molecule has 0 bridgehead atoms. The molecule has 6 nitrogen and oxygen atoms in total. The van der Waals surface area contributed by atoms with E-state index in [9.17, 15) is 9.59 Å². The molecule has 6 rings (SSSR count). The first-order chi connectivity index (χ1) is 20.4. The van der Waals surface area contributed by atoms with E-state index < -0.39 is 0 Å². The fourth-order valence-corrected chi connectivity index (χ4v) is 7.23. The van der Waals surface area contributed by atoms with Crippen molar-refractivity contribution in [1.82, 2.24) is 0 Å². The molecule has 0 aromatic heterocycles. The number of thioether (sulfide) groups is 1. The number of halogens is 1. The lowest BCUT2D eigenvalue weighted by Crippen LogP contribution is -2.53. The molecule has 42 heavy (non-hydrogen) atoms. The number of quaternary nitrogens is 1. The van der Waals surface area contributed by atoms with Gasteiger partial charge >= 0.3 is 0 Å². The second kappa shape index (κ2) is 11.7. The topological polar surface area (TPSA) is 58.6 Å². The summed E-state index contributed by atoms with van der Waals surface area (Å²) in [4.78, 5) is 30.3. The van der Waals surface area contributed by atoms with E-state index in [1.807, 2.05) is 60.7 Å². The van der Waals surface area contributed by atoms with Gasteiger partial charge < -0.3 is 15.0 Å². The first-order valence-electron chi connectivity index (χ1n) is 13.7. The Kier molecular flexibility index (Phi) is 7.82. The van der Waals surface area contributed by atoms with E-state index in [2.05, 4.69) is 23.2 Å². The van der Waals surface area contributed by atoms with Crippen LogP contribution in [0.15, 0.2) is 102 Å². The van der Waals surface area contributed by atoms with Crippen LogP contribution in [0.3, 0.4) is 0 Å². The van der Waals surface area contributed by atoms with Crippen LogP contribution in [0.1, 0.15) is 34.0 Å². The van der Waals surface area contributed by atoms with Gasteiger partial charge in [0.25, 0.3) is 5.91 Å². The normalized spacial score (nSPS) is 17.7. The molecular formula is C34H31ClN3O3S+. The molecule has 0 spiro atoms. The molecule has 1 N–H and O–H groups in total. The minimum atomic E-state index is -0.116. The molecular weight excluding hydrogens is 566 g/mol. The van der Waals surface area contributed by atoms with E-state index in [-0.39, 0.29) is 18.2 Å². The van der Waals surface area contributed by atoms with E-state index >= 15 is 0 Å². The molecule has 2 aliphatic heterocycles. The molecule has 1 atom stereocenters. The van der Waals surface area contributed by atoms with E-state index in [0.717, 1.165) is 34.1 Å². The summed E-state index contributed by atoms with van der Waals surface area (Å²) >= 11 is 8.01. The summed E-state index contributed by atoms with van der Waals surface area (Å²) in [6, 6.07) is 30.3. The van der Waals surface area contributed by atoms with Crippen molar-refractivity contribution in [2.45, 2.75) is 13.5 Å². The van der Waals surface area contributed by atoms with Crippen LogP contribution in [0, 0.1) is 0 Å². The summed E-state index contributed by atoms with van der Waals surface area (Å²) in [5.74, 6) is 1.35. The number of carbonyl (C=O) groups is 2. The molecule has 0 radical (unpaired) electrons. The maximum Gasteiger partial charge on any atom is 0.280 e. The van der Waals surface area contributed by atoms with E-state index in [1.165, 1.54) is 4.91 Å². The van der Waals surface area contributed by atoms with Gasteiger partial charge in [0.05, 0.1) is 13.7 Å². The summed E-state index contributed by atoms with van der Waals surface area (Å²) in [7, 11) is 1.70. The lowest BCUT2D eigenvalue weighted by Gasteiger charge is -2.37. The summed E-state index contributed by atoms with van der Waals surface area (Å²) in [5, 5.41) is 3.76. The van der Waals surface area contributed by atoms with E-state index in [0.29, 0.717) is 39.5 Å². The van der Waals surface area contributed by atoms with Crippen LogP contribution in [0.5, 0.6) is 5.75 Å². The number of hydrogen-bond donors (Lipinski definition) is 1. The Hall–Kier alpha value is -4.04. The molecule has 0 saturated heterocycles. The third kappa shape index (κ3) is 5.43. The van der Waals surface area contributed by atoms with Gasteiger partial charge in [0.15, 0.2) is 24.7 Å². The molecule has 0 saturated carbocycles. The average molecular weight is 597 g/mol. The van der Waals surface area contributed by atoms with Crippen LogP contribution < -0.4 is 15.0 Å². The summed E-state index contributed by atoms with van der Waals surface area (Å²) in [6.07, 6.45) is 0. The Labute approximate surface area is 255 Å². The first kappa shape index (κ1) is 28.1. The number of methoxy groups -OCH3 is 1. The molecule has 2 aliphatic rings. The molecule has 2 heterocycles. The highest BCUT2D eigenvalue weighted by Crippen LogP contribution is 2.49. The fraction of sp³-hybridized carbons (Fsp3) is 0.176. The Morgan fingerprint density at radius 1 is 0.952 bits per heavy atom. The molecule has 8 heteroatoms. The Morgan fingerprint density at radius 2 is 1.69 bits per heavy atom. The average Bonchev–Trinajstić information content (AvgIpc) is 3.23. The van der Waals surface area contributed by atoms with Crippen LogP contribution in [0.25, 0.3) is 5.70 Å². The molecule has 212 valence electrons. The molecule has 4 aromatic carbocycles. The van der Waals surface area contributed by atoms with E-state index in [4.69, 9.17) is 16.3 Å². The number of rotatable bonds is 7. The quantitative estimate of drug-likeness (QED) is 0.178. The number of ether oxygens (including phenoxy) is 1. The van der Waals surface area contributed by atoms with Crippen molar-refractivity contribution in [2.75, 3.05) is 36.4 Å². The highest BCUT2D eigenvalue weighted by Gasteiger charge is 2.47. The zero-order valence-electron chi connectivity index (χ0n) is 23.5. The second-order valence-corrected chi connectivity index (χ2v) is 12.2. The summed E-state index contributed by atoms with van der Waals surface area (Å²) in [6.45, 7) is 3.60. The first-order valence-corrected chi connectivity index (χ1v) is 15.1. The van der Waals surface area contributed by atoms with Gasteiger partial charge in [-0.2, -0.15) is 0 Å². The fourth-order valence-electron chi connectivity index (χ4n) is 5.92. The van der Waals surface area contributed by atoms with Crippen LogP contribution in [0.4, 0.5) is 11.4 Å². The van der Waals surface area contributed by atoms with Crippen LogP contribution >= 0.6 is 23.4 Å². The zero-order chi connectivity index (χ0) is 29.3. The number of carbonyl (C=O) groups excluding carboxylic acids is 2. The van der Waals surface area contributed by atoms with E-state index in [1.54, 1.807) is 49.2 Å². The number of benzene rings is 4. The minimum absolute atomic E-state index is 0.0814. The van der Waals surface area contributed by atoms with Gasteiger partial charge in [-0.3, -0.25) is 14.1 Å². The highest BCUT2D eigenvalue weighted by molar-refractivity contribution is 8.03. The largest absolute Gasteiger partial charge is 0.496 e. The maximum absolute atomic E-state index is 13.8. The Morgan fingerprint density at radius 3 is 2.45 bits per heavy atom. The van der Waals surface area contributed by atoms with Crippen molar-refractivity contribution in [3.05, 3.63) is 129 Å². The Balaban J connectivity index is 1.34. The van der Waals surface area contributed by atoms with Gasteiger partial charge in [-0.15, -0.1) is 0 Å². The van der Waals surface area contributed by atoms with Crippen molar-refractivity contribution in [1.29, 1.82) is 0 Å². The molecule has 0 aliphatic carbocycles. The third-order valence-electron chi connectivity index (χ3n) is 7.82. The predicted octanol–water partition coefficient (Wildman–Crippen LogP) is 7.41. The number of allylic oxidation sites excluding steroid dienone is 1. The highest BCUT2D eigenvalue weighted by atomic mass is 35.5. The van der Waals surface area contributed by atoms with Gasteiger partial charge in [0.2, 0.25) is 0 Å². The summed E-state index contributed by atoms with van der Waals surface area (Å²) in [5.41, 5.74) is 6.12. The van der Waals surface area contributed by atoms with Crippen molar-refractivity contribution >= 4 is 52.1 Å². The minimum Gasteiger partial charge on any atom is -0.496 e. The van der Waals surface area contributed by atoms with Crippen molar-refractivity contribution in [3.8, 4) is 5.75 Å². The number of anilines is 2. The molecule has 0 unspecified atom stereocenters. The predicted molar refractivity (Wildman–Crippen MR) is 171 cm³/mol. The monoisotopic (exact) mass is 596 g/mol. The Bertz CT molecular complexity index is 1690. The van der Waals surface area contributed by atoms with Gasteiger partial charge in [-0.05, 0) is 55.5 Å². The van der Waals surface area contributed by atoms with Gasteiger partial charge in [0, 0.05) is 43.6 Å². The molecule has 1 amide bonds. The van der Waals surface area contributed by atoms with Gasteiger partial charge in [-0.1, -0.05) is 71.9 Å². The van der Waals surface area contributed by atoms with Crippen molar-refractivity contribution < 1.29 is 18.8 Å². The lowest BCUT2D eigenvalue weighted by molar-refractivity contribution is -0.835. The van der Waals surface area contributed by atoms with Crippen LogP contribution in [-0.2, 0) is 11.3 Å². The number of ketones is 1. The number of amides is 1. The smallest absolute Gasteiger partial charge is 0.280 e.